The van der Waals surface area contributed by atoms with Crippen molar-refractivity contribution < 1.29 is 0 Å². The maximum atomic E-state index is 4.43. The van der Waals surface area contributed by atoms with E-state index in [4.69, 9.17) is 0 Å². The average Bonchev–Trinajstić information content (AvgIpc) is 2.91. The van der Waals surface area contributed by atoms with Gasteiger partial charge in [-0.3, -0.25) is 0 Å². The predicted octanol–water partition coefficient (Wildman–Crippen LogP) is 2.71. The van der Waals surface area contributed by atoms with Crippen molar-refractivity contribution >= 4 is 11.3 Å². The highest BCUT2D eigenvalue weighted by Crippen LogP contribution is 2.20. The molecule has 102 valence electrons. The number of nitrogens with one attached hydrogen (secondary N) is 1. The van der Waals surface area contributed by atoms with Crippen molar-refractivity contribution in [3.63, 3.8) is 0 Å². The lowest BCUT2D eigenvalue weighted by Gasteiger charge is -2.34. The van der Waals surface area contributed by atoms with Crippen molar-refractivity contribution in [2.45, 2.75) is 45.1 Å². The number of nitrogens with zero attached hydrogens (tertiary/aromatic N) is 2. The van der Waals surface area contributed by atoms with E-state index in [1.165, 1.54) is 37.4 Å². The maximum Gasteiger partial charge on any atom is 0.0965 e. The van der Waals surface area contributed by atoms with E-state index in [2.05, 4.69) is 34.4 Å². The van der Waals surface area contributed by atoms with Gasteiger partial charge >= 0.3 is 0 Å². The Balaban J connectivity index is 1.78. The zero-order chi connectivity index (χ0) is 12.8. The van der Waals surface area contributed by atoms with Crippen LogP contribution in [-0.4, -0.2) is 42.1 Å². The molecule has 1 aliphatic heterocycles. The third-order valence-corrected chi connectivity index (χ3v) is 4.60. The minimum Gasteiger partial charge on any atom is -0.313 e. The first-order valence-electron chi connectivity index (χ1n) is 7.14. The van der Waals surface area contributed by atoms with Gasteiger partial charge < -0.3 is 10.2 Å². The van der Waals surface area contributed by atoms with E-state index < -0.39 is 0 Å². The van der Waals surface area contributed by atoms with Crippen LogP contribution in [0.3, 0.4) is 0 Å². The molecule has 2 heterocycles. The van der Waals surface area contributed by atoms with Crippen LogP contribution in [-0.2, 0) is 0 Å². The molecule has 1 aromatic rings. The minimum absolute atomic E-state index is 0.565. The molecule has 0 aliphatic carbocycles. The van der Waals surface area contributed by atoms with E-state index in [0.29, 0.717) is 12.0 Å². The molecule has 0 radical (unpaired) electrons. The molecule has 0 saturated carbocycles. The quantitative estimate of drug-likeness (QED) is 0.859. The molecular weight excluding hydrogens is 242 g/mol. The Bertz CT molecular complexity index is 326. The Morgan fingerprint density at radius 1 is 1.61 bits per heavy atom. The molecule has 1 aromatic heterocycles. The number of thiazole rings is 1. The lowest BCUT2D eigenvalue weighted by molar-refractivity contribution is 0.183. The van der Waals surface area contributed by atoms with E-state index >= 15 is 0 Å². The van der Waals surface area contributed by atoms with Gasteiger partial charge in [0.15, 0.2) is 0 Å². The topological polar surface area (TPSA) is 28.2 Å². The molecular formula is C14H25N3S. The highest BCUT2D eigenvalue weighted by Gasteiger charge is 2.21. The molecule has 2 unspecified atom stereocenters. The first kappa shape index (κ1) is 14.0. The number of piperidine rings is 1. The summed E-state index contributed by atoms with van der Waals surface area (Å²) >= 11 is 1.78. The zero-order valence-electron chi connectivity index (χ0n) is 11.6. The average molecular weight is 267 g/mol. The Labute approximate surface area is 115 Å². The molecule has 2 atom stereocenters. The highest BCUT2D eigenvalue weighted by atomic mass is 32.1. The fraction of sp³-hybridized carbons (Fsp3) is 0.786. The van der Waals surface area contributed by atoms with Crippen molar-refractivity contribution in [1.82, 2.24) is 15.2 Å². The van der Waals surface area contributed by atoms with Crippen molar-refractivity contribution in [1.29, 1.82) is 0 Å². The fourth-order valence-corrected chi connectivity index (χ4v) is 3.37. The van der Waals surface area contributed by atoms with Crippen molar-refractivity contribution in [2.24, 2.45) is 0 Å². The second-order valence-corrected chi connectivity index (χ2v) is 6.25. The Morgan fingerprint density at radius 2 is 2.50 bits per heavy atom. The number of rotatable bonds is 6. The number of hydrogen-bond acceptors (Lipinski definition) is 4. The van der Waals surface area contributed by atoms with Crippen LogP contribution in [0, 0.1) is 0 Å². The summed E-state index contributed by atoms with van der Waals surface area (Å²) in [4.78, 5) is 7.03. The molecule has 0 aromatic carbocycles. The molecule has 1 fully saturated rings. The largest absolute Gasteiger partial charge is 0.313 e. The summed E-state index contributed by atoms with van der Waals surface area (Å²) in [6.45, 7) is 9.29. The van der Waals surface area contributed by atoms with Gasteiger partial charge in [-0.15, -0.1) is 11.3 Å². The third-order valence-electron chi connectivity index (χ3n) is 3.59. The third kappa shape index (κ3) is 4.04. The molecule has 18 heavy (non-hydrogen) atoms. The van der Waals surface area contributed by atoms with Gasteiger partial charge in [0.2, 0.25) is 0 Å². The highest BCUT2D eigenvalue weighted by molar-refractivity contribution is 7.09. The van der Waals surface area contributed by atoms with Crippen LogP contribution in [0.15, 0.2) is 11.6 Å². The molecule has 1 aliphatic rings. The molecule has 4 heteroatoms. The van der Waals surface area contributed by atoms with Crippen LogP contribution in [0.25, 0.3) is 0 Å². The normalized spacial score (nSPS) is 23.1. The van der Waals surface area contributed by atoms with Gasteiger partial charge in [-0.1, -0.05) is 13.8 Å². The van der Waals surface area contributed by atoms with Gasteiger partial charge in [0.25, 0.3) is 0 Å². The van der Waals surface area contributed by atoms with E-state index in [0.717, 1.165) is 13.1 Å². The van der Waals surface area contributed by atoms with Gasteiger partial charge in [-0.05, 0) is 32.4 Å². The first-order valence-corrected chi connectivity index (χ1v) is 8.02. The maximum absolute atomic E-state index is 4.43. The van der Waals surface area contributed by atoms with Gasteiger partial charge in [0, 0.05) is 36.6 Å². The zero-order valence-corrected chi connectivity index (χ0v) is 12.4. The lowest BCUT2D eigenvalue weighted by atomic mass is 10.0. The van der Waals surface area contributed by atoms with Crippen molar-refractivity contribution in [3.05, 3.63) is 16.6 Å². The van der Waals surface area contributed by atoms with Crippen LogP contribution in [0.1, 0.15) is 44.0 Å². The summed E-state index contributed by atoms with van der Waals surface area (Å²) < 4.78 is 0. The summed E-state index contributed by atoms with van der Waals surface area (Å²) in [7, 11) is 0. The molecule has 2 rings (SSSR count). The monoisotopic (exact) mass is 267 g/mol. The molecule has 0 spiro atoms. The number of hydrogen-bond donors (Lipinski definition) is 1. The fourth-order valence-electron chi connectivity index (χ4n) is 2.68. The van der Waals surface area contributed by atoms with Crippen LogP contribution in [0.5, 0.6) is 0 Å². The SMILES string of the molecule is CCCNC1CCCN(CC(C)c2nccs2)C1. The summed E-state index contributed by atoms with van der Waals surface area (Å²) in [5.41, 5.74) is 0. The van der Waals surface area contributed by atoms with Gasteiger partial charge in [0.05, 0.1) is 5.01 Å². The molecule has 3 nitrogen and oxygen atoms in total. The standard InChI is InChI=1S/C14H25N3S/c1-3-6-15-13-5-4-8-17(11-13)10-12(2)14-16-7-9-18-14/h7,9,12-13,15H,3-6,8,10-11H2,1-2H3. The van der Waals surface area contributed by atoms with E-state index in [9.17, 15) is 0 Å². The van der Waals surface area contributed by atoms with Crippen LogP contribution >= 0.6 is 11.3 Å². The van der Waals surface area contributed by atoms with Crippen LogP contribution < -0.4 is 5.32 Å². The summed E-state index contributed by atoms with van der Waals surface area (Å²) in [5, 5.41) is 7.01. The second kappa shape index (κ2) is 7.22. The summed E-state index contributed by atoms with van der Waals surface area (Å²) in [6.07, 6.45) is 5.80. The molecule has 0 amide bonds. The summed E-state index contributed by atoms with van der Waals surface area (Å²) in [5.74, 6) is 0.565. The van der Waals surface area contributed by atoms with Crippen LogP contribution in [0.4, 0.5) is 0 Å². The smallest absolute Gasteiger partial charge is 0.0965 e. The summed E-state index contributed by atoms with van der Waals surface area (Å²) in [6, 6.07) is 0.696. The Kier molecular flexibility index (Phi) is 5.60. The van der Waals surface area contributed by atoms with Crippen LogP contribution in [0.2, 0.25) is 0 Å². The second-order valence-electron chi connectivity index (χ2n) is 5.32. The number of aromatic nitrogens is 1. The Morgan fingerprint density at radius 3 is 3.22 bits per heavy atom. The number of likely N-dealkylation sites (tertiary alicyclic amines) is 1. The Hall–Kier alpha value is -0.450. The first-order chi connectivity index (χ1) is 8.79. The van der Waals surface area contributed by atoms with Gasteiger partial charge in [-0.25, -0.2) is 4.98 Å². The molecule has 1 N–H and O–H groups in total. The van der Waals surface area contributed by atoms with E-state index in [1.54, 1.807) is 11.3 Å². The van der Waals surface area contributed by atoms with Crippen molar-refractivity contribution in [3.8, 4) is 0 Å². The molecule has 1 saturated heterocycles. The van der Waals surface area contributed by atoms with E-state index in [-0.39, 0.29) is 0 Å². The molecule has 0 bridgehead atoms. The van der Waals surface area contributed by atoms with Gasteiger partial charge in [-0.2, -0.15) is 0 Å². The van der Waals surface area contributed by atoms with E-state index in [1.807, 2.05) is 6.20 Å². The van der Waals surface area contributed by atoms with Gasteiger partial charge in [0.1, 0.15) is 0 Å². The predicted molar refractivity (Wildman–Crippen MR) is 78.3 cm³/mol. The van der Waals surface area contributed by atoms with Crippen molar-refractivity contribution in [2.75, 3.05) is 26.2 Å². The minimum atomic E-state index is 0.565. The lowest BCUT2D eigenvalue weighted by Crippen LogP contribution is -2.46.